The molecule has 0 unspecified atom stereocenters. The first kappa shape index (κ1) is 25.2. The number of hydrogen-bond donors (Lipinski definition) is 1. The largest absolute Gasteiger partial charge is 0.488 e. The van der Waals surface area contributed by atoms with Crippen molar-refractivity contribution in [2.45, 2.75) is 25.0 Å². The third kappa shape index (κ3) is 5.26. The normalized spacial score (nSPS) is 19.7. The zero-order valence-corrected chi connectivity index (χ0v) is 23.5. The molecule has 0 saturated carbocycles. The molecule has 0 fully saturated rings. The minimum atomic E-state index is 0.271. The van der Waals surface area contributed by atoms with E-state index in [2.05, 4.69) is 81.9 Å². The quantitative estimate of drug-likeness (QED) is 0.176. The Balaban J connectivity index is 1.19. The van der Waals surface area contributed by atoms with Crippen LogP contribution in [0.1, 0.15) is 40.6 Å². The number of nitrogens with zero attached hydrogens (tertiary/aromatic N) is 1. The van der Waals surface area contributed by atoms with E-state index in [-0.39, 0.29) is 6.04 Å². The molecule has 6 heteroatoms. The number of para-hydroxylation sites is 1. The van der Waals surface area contributed by atoms with E-state index in [1.807, 2.05) is 36.5 Å². The Kier molecular flexibility index (Phi) is 7.29. The zero-order valence-electron chi connectivity index (χ0n) is 20.5. The fraction of sp³-hybridized carbons (Fsp3) is 0.156. The van der Waals surface area contributed by atoms with Gasteiger partial charge in [0.1, 0.15) is 12.4 Å². The summed E-state index contributed by atoms with van der Waals surface area (Å²) in [6, 6.07) is 28.7. The number of benzene rings is 4. The molecule has 190 valence electrons. The van der Waals surface area contributed by atoms with E-state index < -0.39 is 0 Å². The van der Waals surface area contributed by atoms with E-state index in [4.69, 9.17) is 32.9 Å². The van der Waals surface area contributed by atoms with E-state index in [1.54, 1.807) is 6.07 Å². The Labute approximate surface area is 241 Å². The van der Waals surface area contributed by atoms with E-state index >= 15 is 0 Å². The van der Waals surface area contributed by atoms with Gasteiger partial charge >= 0.3 is 0 Å². The van der Waals surface area contributed by atoms with Gasteiger partial charge in [-0.1, -0.05) is 87.7 Å². The Hall–Kier alpha value is -3.05. The van der Waals surface area contributed by atoms with Gasteiger partial charge in [0.15, 0.2) is 0 Å². The van der Waals surface area contributed by atoms with Crippen LogP contribution in [0.4, 0.5) is 11.4 Å². The van der Waals surface area contributed by atoms with Crippen molar-refractivity contribution in [2.24, 2.45) is 10.9 Å². The molecule has 3 nitrogen and oxygen atoms in total. The molecule has 6 rings (SSSR count). The lowest BCUT2D eigenvalue weighted by molar-refractivity contribution is 0.306. The molecule has 2 aliphatic rings. The summed E-state index contributed by atoms with van der Waals surface area (Å²) in [7, 11) is 0. The number of aliphatic imine (C=N–C) groups is 1. The van der Waals surface area contributed by atoms with Gasteiger partial charge in [0, 0.05) is 43.5 Å². The van der Waals surface area contributed by atoms with Crippen LogP contribution in [-0.4, -0.2) is 6.21 Å². The number of fused-ring (bicyclic) bond motifs is 3. The van der Waals surface area contributed by atoms with Crippen molar-refractivity contribution >= 4 is 56.7 Å². The highest BCUT2D eigenvalue weighted by atomic mass is 79.9. The van der Waals surface area contributed by atoms with Gasteiger partial charge in [-0.25, -0.2) is 0 Å². The lowest BCUT2D eigenvalue weighted by atomic mass is 9.77. The Morgan fingerprint density at radius 1 is 0.974 bits per heavy atom. The van der Waals surface area contributed by atoms with Crippen molar-refractivity contribution in [3.63, 3.8) is 0 Å². The summed E-state index contributed by atoms with van der Waals surface area (Å²) in [5.41, 5.74) is 6.54. The smallest absolute Gasteiger partial charge is 0.128 e. The molecule has 38 heavy (non-hydrogen) atoms. The lowest BCUT2D eigenvalue weighted by Crippen LogP contribution is -2.28. The molecule has 1 aliphatic heterocycles. The first-order valence-corrected chi connectivity index (χ1v) is 14.1. The van der Waals surface area contributed by atoms with Crippen LogP contribution in [-0.2, 0) is 6.61 Å². The SMILES string of the molecule is Clc1ccc(COc2ccc(Br)cc2C=Nc2ccc([C@@H]3Nc4ccccc4[C@H]4C=CC[C@@H]43)cc2)c(Cl)c1. The van der Waals surface area contributed by atoms with Crippen molar-refractivity contribution in [2.75, 3.05) is 5.32 Å². The van der Waals surface area contributed by atoms with Gasteiger partial charge in [-0.2, -0.15) is 0 Å². The second-order valence-electron chi connectivity index (χ2n) is 9.62. The van der Waals surface area contributed by atoms with E-state index in [9.17, 15) is 0 Å². The van der Waals surface area contributed by atoms with Gasteiger partial charge in [0.25, 0.3) is 0 Å². The third-order valence-corrected chi connectivity index (χ3v) is 8.33. The molecule has 1 aliphatic carbocycles. The molecule has 0 bridgehead atoms. The van der Waals surface area contributed by atoms with Gasteiger partial charge in [0.05, 0.1) is 11.7 Å². The first-order valence-electron chi connectivity index (χ1n) is 12.6. The Morgan fingerprint density at radius 2 is 1.82 bits per heavy atom. The maximum Gasteiger partial charge on any atom is 0.128 e. The molecule has 4 aromatic carbocycles. The number of halogens is 3. The van der Waals surface area contributed by atoms with Crippen LogP contribution in [0.3, 0.4) is 0 Å². The van der Waals surface area contributed by atoms with Crippen molar-refractivity contribution in [1.82, 2.24) is 0 Å². The number of hydrogen-bond acceptors (Lipinski definition) is 3. The van der Waals surface area contributed by atoms with Crippen molar-refractivity contribution < 1.29 is 4.74 Å². The highest BCUT2D eigenvalue weighted by molar-refractivity contribution is 9.10. The van der Waals surface area contributed by atoms with Gasteiger partial charge in [0.2, 0.25) is 0 Å². The van der Waals surface area contributed by atoms with Gasteiger partial charge in [-0.05, 0) is 72.0 Å². The zero-order chi connectivity index (χ0) is 26.1. The van der Waals surface area contributed by atoms with Crippen molar-refractivity contribution in [1.29, 1.82) is 0 Å². The van der Waals surface area contributed by atoms with Crippen LogP contribution in [0, 0.1) is 5.92 Å². The second kappa shape index (κ2) is 11.0. The van der Waals surface area contributed by atoms with Crippen LogP contribution in [0.25, 0.3) is 0 Å². The molecule has 0 amide bonds. The fourth-order valence-corrected chi connectivity index (χ4v) is 6.17. The van der Waals surface area contributed by atoms with Gasteiger partial charge < -0.3 is 10.1 Å². The summed E-state index contributed by atoms with van der Waals surface area (Å²) >= 11 is 15.9. The summed E-state index contributed by atoms with van der Waals surface area (Å²) in [5, 5.41) is 4.98. The topological polar surface area (TPSA) is 33.6 Å². The van der Waals surface area contributed by atoms with Crippen molar-refractivity contribution in [3.8, 4) is 5.75 Å². The summed E-state index contributed by atoms with van der Waals surface area (Å²) in [6.45, 7) is 0.335. The Bertz CT molecular complexity index is 1530. The molecule has 0 saturated heterocycles. The van der Waals surface area contributed by atoms with E-state index in [0.717, 1.165) is 33.5 Å². The fourth-order valence-electron chi connectivity index (χ4n) is 5.33. The number of rotatable bonds is 6. The molecule has 0 aromatic heterocycles. The number of allylic oxidation sites excluding steroid dienone is 2. The molecular formula is C32H25BrCl2N2O. The first-order chi connectivity index (χ1) is 18.5. The second-order valence-corrected chi connectivity index (χ2v) is 11.4. The van der Waals surface area contributed by atoms with Crippen LogP contribution < -0.4 is 10.1 Å². The van der Waals surface area contributed by atoms with Gasteiger partial charge in [-0.3, -0.25) is 4.99 Å². The summed E-state index contributed by atoms with van der Waals surface area (Å²) < 4.78 is 7.05. The maximum absolute atomic E-state index is 6.32. The highest BCUT2D eigenvalue weighted by Gasteiger charge is 2.37. The predicted octanol–water partition coefficient (Wildman–Crippen LogP) is 9.91. The Morgan fingerprint density at radius 3 is 2.66 bits per heavy atom. The molecular weight excluding hydrogens is 579 g/mol. The number of ether oxygens (including phenoxy) is 1. The van der Waals surface area contributed by atoms with Crippen LogP contribution in [0.2, 0.25) is 10.0 Å². The average Bonchev–Trinajstić information content (AvgIpc) is 3.43. The predicted molar refractivity (Wildman–Crippen MR) is 161 cm³/mol. The number of anilines is 1. The molecule has 0 spiro atoms. The van der Waals surface area contributed by atoms with Crippen LogP contribution in [0.5, 0.6) is 5.75 Å². The summed E-state index contributed by atoms with van der Waals surface area (Å²) in [6.07, 6.45) is 7.62. The number of nitrogens with one attached hydrogen (secondary N) is 1. The molecule has 1 N–H and O–H groups in total. The minimum absolute atomic E-state index is 0.271. The average molecular weight is 604 g/mol. The van der Waals surface area contributed by atoms with Crippen LogP contribution >= 0.6 is 39.1 Å². The summed E-state index contributed by atoms with van der Waals surface area (Å²) in [5.74, 6) is 1.71. The standard InChI is InChI=1S/C32H25BrCl2N2O/c33-23-11-15-31(38-19-21-8-12-24(34)17-29(21)35)22(16-23)18-36-25-13-9-20(10-14-25)32-28-6-3-5-26(28)27-4-1-2-7-30(27)37-32/h1-5,7-18,26,28,32,37H,6,19H2/t26-,28+,32+/m1/s1. The summed E-state index contributed by atoms with van der Waals surface area (Å²) in [4.78, 5) is 4.75. The molecule has 3 atom stereocenters. The highest BCUT2D eigenvalue weighted by Crippen LogP contribution is 2.49. The molecule has 1 heterocycles. The van der Waals surface area contributed by atoms with Crippen molar-refractivity contribution in [3.05, 3.63) is 134 Å². The van der Waals surface area contributed by atoms with Crippen LogP contribution in [0.15, 0.2) is 107 Å². The van der Waals surface area contributed by atoms with Gasteiger partial charge in [-0.15, -0.1) is 0 Å². The monoisotopic (exact) mass is 602 g/mol. The lowest BCUT2D eigenvalue weighted by Gasteiger charge is -2.37. The van der Waals surface area contributed by atoms with E-state index in [0.29, 0.717) is 28.5 Å². The maximum atomic E-state index is 6.32. The molecule has 0 radical (unpaired) electrons. The van der Waals surface area contributed by atoms with E-state index in [1.165, 1.54) is 16.8 Å². The third-order valence-electron chi connectivity index (χ3n) is 7.25. The molecule has 4 aromatic rings. The minimum Gasteiger partial charge on any atom is -0.488 e.